The number of carboxylic acid groups (broad SMARTS) is 1. The van der Waals surface area contributed by atoms with Crippen LogP contribution in [0.1, 0.15) is 52.8 Å². The van der Waals surface area contributed by atoms with Crippen molar-refractivity contribution in [1.82, 2.24) is 19.5 Å². The van der Waals surface area contributed by atoms with Gasteiger partial charge in [0.1, 0.15) is 22.7 Å². The number of carbonyl (C=O) groups is 1. The lowest BCUT2D eigenvalue weighted by Crippen LogP contribution is -2.08. The summed E-state index contributed by atoms with van der Waals surface area (Å²) in [6.07, 6.45) is 3.06. The Kier molecular flexibility index (Phi) is 6.14. The molecule has 0 radical (unpaired) electrons. The summed E-state index contributed by atoms with van der Waals surface area (Å²) in [6.45, 7) is 6.91. The first-order chi connectivity index (χ1) is 17.4. The number of aromatic nitrogens is 4. The van der Waals surface area contributed by atoms with Crippen LogP contribution in [0.3, 0.4) is 0 Å². The van der Waals surface area contributed by atoms with Crippen LogP contribution in [0, 0.1) is 13.8 Å². The zero-order valence-corrected chi connectivity index (χ0v) is 20.7. The predicted molar refractivity (Wildman–Crippen MR) is 143 cm³/mol. The smallest absolute Gasteiger partial charge is 0.340 e. The molecule has 0 bridgehead atoms. The summed E-state index contributed by atoms with van der Waals surface area (Å²) in [5.41, 5.74) is 13.2. The summed E-state index contributed by atoms with van der Waals surface area (Å²) < 4.78 is 2.21. The maximum absolute atomic E-state index is 12.1. The molecule has 0 aliphatic heterocycles. The van der Waals surface area contributed by atoms with Gasteiger partial charge in [-0.25, -0.2) is 19.7 Å². The number of carboxylic acids is 1. The van der Waals surface area contributed by atoms with E-state index in [1.54, 1.807) is 0 Å². The molecular formula is C29H29N5O2. The van der Waals surface area contributed by atoms with Crippen LogP contribution in [-0.2, 0) is 13.0 Å². The first-order valence-electron chi connectivity index (χ1n) is 12.2. The lowest BCUT2D eigenvalue weighted by Gasteiger charge is -2.14. The first-order valence-corrected chi connectivity index (χ1v) is 12.2. The topological polar surface area (TPSA) is 107 Å². The fraction of sp³-hybridized carbons (Fsp3) is 0.241. The van der Waals surface area contributed by atoms with E-state index in [0.29, 0.717) is 17.6 Å². The van der Waals surface area contributed by atoms with Gasteiger partial charge in [-0.15, -0.1) is 0 Å². The number of para-hydroxylation sites is 1. The Balaban J connectivity index is 1.58. The van der Waals surface area contributed by atoms with Crippen molar-refractivity contribution in [3.8, 4) is 11.1 Å². The van der Waals surface area contributed by atoms with Crippen LogP contribution in [0.5, 0.6) is 0 Å². The van der Waals surface area contributed by atoms with Gasteiger partial charge in [0.25, 0.3) is 0 Å². The lowest BCUT2D eigenvalue weighted by molar-refractivity contribution is 0.0698. The van der Waals surface area contributed by atoms with Crippen LogP contribution in [0.4, 0.5) is 5.82 Å². The second-order valence-corrected chi connectivity index (χ2v) is 9.24. The molecule has 3 aromatic heterocycles. The molecule has 0 aliphatic carbocycles. The summed E-state index contributed by atoms with van der Waals surface area (Å²) in [5, 5.41) is 10.7. The van der Waals surface area contributed by atoms with Gasteiger partial charge in [-0.2, -0.15) is 0 Å². The largest absolute Gasteiger partial charge is 0.478 e. The monoisotopic (exact) mass is 479 g/mol. The Morgan fingerprint density at radius 3 is 2.50 bits per heavy atom. The summed E-state index contributed by atoms with van der Waals surface area (Å²) in [5.74, 6) is -0.0344. The Hall–Kier alpha value is -4.26. The highest BCUT2D eigenvalue weighted by Gasteiger charge is 2.21. The molecule has 0 amide bonds. The number of hydrogen-bond donors (Lipinski definition) is 2. The van der Waals surface area contributed by atoms with Gasteiger partial charge < -0.3 is 15.4 Å². The molecule has 0 spiro atoms. The number of aryl methyl sites for hydroxylation is 3. The second-order valence-electron chi connectivity index (χ2n) is 9.24. The fourth-order valence-corrected chi connectivity index (χ4v) is 4.85. The average Bonchev–Trinajstić information content (AvgIpc) is 3.19. The molecule has 3 N–H and O–H groups in total. The molecule has 3 heterocycles. The number of anilines is 1. The molecule has 5 aromatic rings. The van der Waals surface area contributed by atoms with Crippen molar-refractivity contribution in [3.05, 3.63) is 82.8 Å². The highest BCUT2D eigenvalue weighted by atomic mass is 16.4. The number of unbranched alkanes of at least 4 members (excludes halogenated alkanes) is 1. The Bertz CT molecular complexity index is 1600. The van der Waals surface area contributed by atoms with Gasteiger partial charge in [0, 0.05) is 23.1 Å². The van der Waals surface area contributed by atoms with E-state index in [-0.39, 0.29) is 11.4 Å². The number of imidazole rings is 1. The number of rotatable bonds is 7. The van der Waals surface area contributed by atoms with Gasteiger partial charge >= 0.3 is 5.97 Å². The molecule has 0 saturated heterocycles. The summed E-state index contributed by atoms with van der Waals surface area (Å²) in [7, 11) is 0. The maximum atomic E-state index is 12.1. The maximum Gasteiger partial charge on any atom is 0.340 e. The van der Waals surface area contributed by atoms with Crippen molar-refractivity contribution in [2.24, 2.45) is 0 Å². The average molecular weight is 480 g/mol. The zero-order chi connectivity index (χ0) is 25.4. The van der Waals surface area contributed by atoms with E-state index in [0.717, 1.165) is 64.0 Å². The minimum absolute atomic E-state index is 0.0162. The van der Waals surface area contributed by atoms with Gasteiger partial charge in [-0.05, 0) is 49.1 Å². The van der Waals surface area contributed by atoms with E-state index in [1.807, 2.05) is 55.5 Å². The van der Waals surface area contributed by atoms with E-state index in [2.05, 4.69) is 29.5 Å². The van der Waals surface area contributed by atoms with Crippen molar-refractivity contribution in [1.29, 1.82) is 0 Å². The number of nitrogen functional groups attached to an aromatic ring is 1. The van der Waals surface area contributed by atoms with Gasteiger partial charge in [-0.3, -0.25) is 0 Å². The molecular weight excluding hydrogens is 450 g/mol. The third kappa shape index (κ3) is 4.17. The Morgan fingerprint density at radius 1 is 1.03 bits per heavy atom. The number of nitrogens with zero attached hydrogens (tertiary/aromatic N) is 4. The number of pyridine rings is 2. The highest BCUT2D eigenvalue weighted by molar-refractivity contribution is 6.09. The Morgan fingerprint density at radius 2 is 1.78 bits per heavy atom. The van der Waals surface area contributed by atoms with Crippen molar-refractivity contribution < 1.29 is 9.90 Å². The zero-order valence-electron chi connectivity index (χ0n) is 20.7. The lowest BCUT2D eigenvalue weighted by atomic mass is 9.95. The molecule has 36 heavy (non-hydrogen) atoms. The Labute approximate surface area is 209 Å². The second kappa shape index (κ2) is 9.41. The van der Waals surface area contributed by atoms with Crippen LogP contribution in [0.2, 0.25) is 0 Å². The molecule has 0 unspecified atom stereocenters. The van der Waals surface area contributed by atoms with Crippen LogP contribution in [0.15, 0.2) is 54.6 Å². The normalized spacial score (nSPS) is 11.4. The standard InChI is InChI=1S/C29H29N5O2/c1-4-5-10-23-33-26-17(2)15-18(3)31-28(26)34(23)16-19-11-13-20(14-12-19)24-21-8-6-7-9-22(21)32-27(30)25(24)29(35)36/h6-9,11-15H,4-5,10,16H2,1-3H3,(H2,30,32)(H,35,36). The third-order valence-corrected chi connectivity index (χ3v) is 6.57. The number of hydrogen-bond acceptors (Lipinski definition) is 5. The quantitative estimate of drug-likeness (QED) is 0.299. The van der Waals surface area contributed by atoms with Crippen molar-refractivity contribution in [3.63, 3.8) is 0 Å². The summed E-state index contributed by atoms with van der Waals surface area (Å²) in [6, 6.07) is 17.5. The van der Waals surface area contributed by atoms with Gasteiger partial charge in [0.15, 0.2) is 5.65 Å². The van der Waals surface area contributed by atoms with Crippen molar-refractivity contribution in [2.75, 3.05) is 5.73 Å². The molecule has 182 valence electrons. The van der Waals surface area contributed by atoms with Gasteiger partial charge in [-0.1, -0.05) is 55.8 Å². The fourth-order valence-electron chi connectivity index (χ4n) is 4.85. The minimum atomic E-state index is -1.09. The van der Waals surface area contributed by atoms with Crippen LogP contribution < -0.4 is 5.73 Å². The van der Waals surface area contributed by atoms with Gasteiger partial charge in [0.05, 0.1) is 12.1 Å². The molecule has 0 fully saturated rings. The van der Waals surface area contributed by atoms with E-state index in [1.165, 1.54) is 0 Å². The number of nitrogens with two attached hydrogens (primary N) is 1. The number of fused-ring (bicyclic) bond motifs is 2. The molecule has 7 heteroatoms. The third-order valence-electron chi connectivity index (χ3n) is 6.57. The minimum Gasteiger partial charge on any atom is -0.478 e. The first kappa shape index (κ1) is 23.5. The summed E-state index contributed by atoms with van der Waals surface area (Å²) in [4.78, 5) is 26.2. The molecule has 2 aromatic carbocycles. The van der Waals surface area contributed by atoms with E-state index < -0.39 is 5.97 Å². The highest BCUT2D eigenvalue weighted by Crippen LogP contribution is 2.34. The molecule has 5 rings (SSSR count). The SMILES string of the molecule is CCCCc1nc2c(C)cc(C)nc2n1Cc1ccc(-c2c(C(=O)O)c(N)nc3ccccc23)cc1. The van der Waals surface area contributed by atoms with Crippen molar-refractivity contribution >= 4 is 33.9 Å². The van der Waals surface area contributed by atoms with E-state index in [9.17, 15) is 9.90 Å². The summed E-state index contributed by atoms with van der Waals surface area (Å²) >= 11 is 0. The van der Waals surface area contributed by atoms with E-state index in [4.69, 9.17) is 15.7 Å². The predicted octanol–water partition coefficient (Wildman–Crippen LogP) is 5.93. The molecule has 0 saturated carbocycles. The van der Waals surface area contributed by atoms with E-state index >= 15 is 0 Å². The van der Waals surface area contributed by atoms with Crippen LogP contribution in [-0.4, -0.2) is 30.6 Å². The number of benzene rings is 2. The molecule has 7 nitrogen and oxygen atoms in total. The number of aromatic carboxylic acids is 1. The molecule has 0 atom stereocenters. The van der Waals surface area contributed by atoms with Crippen molar-refractivity contribution in [2.45, 2.75) is 46.6 Å². The molecule has 0 aliphatic rings. The van der Waals surface area contributed by atoms with Crippen LogP contribution in [0.25, 0.3) is 33.2 Å². The van der Waals surface area contributed by atoms with Gasteiger partial charge in [0.2, 0.25) is 0 Å². The van der Waals surface area contributed by atoms with Crippen LogP contribution >= 0.6 is 0 Å².